The van der Waals surface area contributed by atoms with Crippen LogP contribution in [-0.2, 0) is 14.6 Å². The molecule has 0 bridgehead atoms. The smallest absolute Gasteiger partial charge is 0.294 e. The first-order valence-corrected chi connectivity index (χ1v) is 2.06. The number of carbonyl (C=O) groups is 1. The van der Waals surface area contributed by atoms with E-state index in [0.29, 0.717) is 0 Å². The van der Waals surface area contributed by atoms with Gasteiger partial charge in [0.05, 0.1) is 6.61 Å². The van der Waals surface area contributed by atoms with Crippen LogP contribution in [0, 0.1) is 6.92 Å². The van der Waals surface area contributed by atoms with Gasteiger partial charge in [-0.2, -0.15) is 4.89 Å². The highest BCUT2D eigenvalue weighted by molar-refractivity contribution is 5.80. The molecule has 0 aliphatic carbocycles. The molecule has 0 atom stereocenters. The molecule has 0 rings (SSSR count). The van der Waals surface area contributed by atoms with Crippen molar-refractivity contribution in [3.8, 4) is 0 Å². The lowest BCUT2D eigenvalue weighted by Gasteiger charge is -1.93. The van der Waals surface area contributed by atoms with E-state index in [0.717, 1.165) is 6.08 Å². The van der Waals surface area contributed by atoms with E-state index in [1.807, 2.05) is 0 Å². The zero-order valence-corrected chi connectivity index (χ0v) is 4.42. The molecule has 0 saturated heterocycles. The summed E-state index contributed by atoms with van der Waals surface area (Å²) in [4.78, 5) is 18.3. The van der Waals surface area contributed by atoms with Crippen molar-refractivity contribution in [3.05, 3.63) is 19.6 Å². The minimum atomic E-state index is -0.603. The number of hydrogen-bond donors (Lipinski definition) is 0. The van der Waals surface area contributed by atoms with Crippen LogP contribution in [0.25, 0.3) is 0 Å². The van der Waals surface area contributed by atoms with Gasteiger partial charge in [0.15, 0.2) is 0 Å². The minimum absolute atomic E-state index is 0.111. The van der Waals surface area contributed by atoms with Crippen molar-refractivity contribution in [2.24, 2.45) is 0 Å². The molecule has 0 aliphatic rings. The molecule has 0 aliphatic heterocycles. The Kier molecular flexibility index (Phi) is 3.88. The molecule has 0 heterocycles. The second-order valence-corrected chi connectivity index (χ2v) is 0.928. The standard InChI is InChI=1S/C5H7O3/c1-3-5(6)8-7-4-2/h3H,1-2,4H2. The minimum Gasteiger partial charge on any atom is -0.294 e. The third-order valence-electron chi connectivity index (χ3n) is 0.391. The maximum atomic E-state index is 10.1. The van der Waals surface area contributed by atoms with Crippen molar-refractivity contribution in [3.63, 3.8) is 0 Å². The Morgan fingerprint density at radius 1 is 1.75 bits per heavy atom. The fraction of sp³-hybridized carbons (Fsp3) is 0.200. The molecule has 0 aromatic carbocycles. The molecule has 0 N–H and O–H groups in total. The first kappa shape index (κ1) is 7.17. The molecule has 45 valence electrons. The molecular weight excluding hydrogens is 108 g/mol. The summed E-state index contributed by atoms with van der Waals surface area (Å²) in [5, 5.41) is 0. The average Bonchev–Trinajstić information content (AvgIpc) is 1.83. The predicted octanol–water partition coefficient (Wildman–Crippen LogP) is 0.481. The van der Waals surface area contributed by atoms with Gasteiger partial charge in [0, 0.05) is 6.08 Å². The van der Waals surface area contributed by atoms with Crippen LogP contribution in [0.5, 0.6) is 0 Å². The summed E-state index contributed by atoms with van der Waals surface area (Å²) >= 11 is 0. The lowest BCUT2D eigenvalue weighted by molar-refractivity contribution is -0.260. The van der Waals surface area contributed by atoms with Crippen LogP contribution < -0.4 is 0 Å². The zero-order chi connectivity index (χ0) is 6.41. The summed E-state index contributed by atoms with van der Waals surface area (Å²) in [5.41, 5.74) is 0. The molecule has 0 unspecified atom stereocenters. The van der Waals surface area contributed by atoms with E-state index in [9.17, 15) is 4.79 Å². The number of carbonyl (C=O) groups excluding carboxylic acids is 1. The quantitative estimate of drug-likeness (QED) is 0.305. The molecule has 3 nitrogen and oxygen atoms in total. The van der Waals surface area contributed by atoms with Gasteiger partial charge >= 0.3 is 5.97 Å². The highest BCUT2D eigenvalue weighted by atomic mass is 17.2. The van der Waals surface area contributed by atoms with E-state index in [2.05, 4.69) is 23.3 Å². The van der Waals surface area contributed by atoms with Crippen LogP contribution in [0.1, 0.15) is 0 Å². The van der Waals surface area contributed by atoms with Crippen molar-refractivity contribution in [1.29, 1.82) is 0 Å². The lowest BCUT2D eigenvalue weighted by Crippen LogP contribution is -2.00. The Balaban J connectivity index is 3.11. The third-order valence-corrected chi connectivity index (χ3v) is 0.391. The SMILES string of the molecule is [CH2]COOC(=O)C=C. The van der Waals surface area contributed by atoms with Gasteiger partial charge in [-0.05, 0) is 6.92 Å². The Labute approximate surface area is 47.8 Å². The molecule has 0 fully saturated rings. The number of rotatable bonds is 3. The van der Waals surface area contributed by atoms with Crippen LogP contribution in [0.3, 0.4) is 0 Å². The highest BCUT2D eigenvalue weighted by Gasteiger charge is 1.91. The van der Waals surface area contributed by atoms with Gasteiger partial charge in [-0.3, -0.25) is 4.89 Å². The second-order valence-electron chi connectivity index (χ2n) is 0.928. The Morgan fingerprint density at radius 2 is 2.38 bits per heavy atom. The zero-order valence-electron chi connectivity index (χ0n) is 4.42. The van der Waals surface area contributed by atoms with Gasteiger partial charge < -0.3 is 0 Å². The Morgan fingerprint density at radius 3 is 2.75 bits per heavy atom. The van der Waals surface area contributed by atoms with E-state index in [1.165, 1.54) is 0 Å². The van der Waals surface area contributed by atoms with Crippen LogP contribution >= 0.6 is 0 Å². The van der Waals surface area contributed by atoms with E-state index < -0.39 is 5.97 Å². The molecule has 0 amide bonds. The molecular formula is C5H7O3. The summed E-state index contributed by atoms with van der Waals surface area (Å²) in [6, 6.07) is 0. The van der Waals surface area contributed by atoms with Crippen LogP contribution in [-0.4, -0.2) is 12.6 Å². The molecule has 0 spiro atoms. The molecule has 3 heteroatoms. The average molecular weight is 115 g/mol. The molecule has 0 aromatic rings. The highest BCUT2D eigenvalue weighted by Crippen LogP contribution is 1.78. The summed E-state index contributed by atoms with van der Waals surface area (Å²) in [7, 11) is 0. The maximum absolute atomic E-state index is 10.1. The van der Waals surface area contributed by atoms with Crippen LogP contribution in [0.4, 0.5) is 0 Å². The van der Waals surface area contributed by atoms with Crippen molar-refractivity contribution in [2.45, 2.75) is 0 Å². The van der Waals surface area contributed by atoms with Gasteiger partial charge in [0.1, 0.15) is 0 Å². The largest absolute Gasteiger partial charge is 0.365 e. The van der Waals surface area contributed by atoms with Crippen molar-refractivity contribution in [1.82, 2.24) is 0 Å². The molecule has 8 heavy (non-hydrogen) atoms. The van der Waals surface area contributed by atoms with Gasteiger partial charge in [0.25, 0.3) is 0 Å². The maximum Gasteiger partial charge on any atom is 0.365 e. The van der Waals surface area contributed by atoms with E-state index >= 15 is 0 Å². The fourth-order valence-corrected chi connectivity index (χ4v) is 0.134. The Bertz CT molecular complexity index is 87.7. The fourth-order valence-electron chi connectivity index (χ4n) is 0.134. The Hall–Kier alpha value is -0.830. The summed E-state index contributed by atoms with van der Waals surface area (Å²) in [6.45, 7) is 6.51. The van der Waals surface area contributed by atoms with Gasteiger partial charge in [-0.1, -0.05) is 6.58 Å². The summed E-state index contributed by atoms with van der Waals surface area (Å²) < 4.78 is 0. The predicted molar refractivity (Wildman–Crippen MR) is 27.6 cm³/mol. The second kappa shape index (κ2) is 4.33. The third kappa shape index (κ3) is 3.36. The van der Waals surface area contributed by atoms with Gasteiger partial charge in [0.2, 0.25) is 0 Å². The first-order chi connectivity index (χ1) is 3.81. The van der Waals surface area contributed by atoms with Crippen LogP contribution in [0.15, 0.2) is 12.7 Å². The van der Waals surface area contributed by atoms with Crippen LogP contribution in [0.2, 0.25) is 0 Å². The van der Waals surface area contributed by atoms with Crippen molar-refractivity contribution in [2.75, 3.05) is 6.61 Å². The van der Waals surface area contributed by atoms with Gasteiger partial charge in [-0.25, -0.2) is 4.79 Å². The monoisotopic (exact) mass is 115 g/mol. The molecule has 0 aromatic heterocycles. The van der Waals surface area contributed by atoms with E-state index in [1.54, 1.807) is 0 Å². The summed E-state index contributed by atoms with van der Waals surface area (Å²) in [5.74, 6) is -0.603. The topological polar surface area (TPSA) is 35.5 Å². The van der Waals surface area contributed by atoms with E-state index in [-0.39, 0.29) is 6.61 Å². The van der Waals surface area contributed by atoms with Crippen molar-refractivity contribution < 1.29 is 14.6 Å². The normalized spacial score (nSPS) is 8.12. The van der Waals surface area contributed by atoms with Gasteiger partial charge in [-0.15, -0.1) is 0 Å². The first-order valence-electron chi connectivity index (χ1n) is 2.06. The van der Waals surface area contributed by atoms with Crippen molar-refractivity contribution >= 4 is 5.97 Å². The lowest BCUT2D eigenvalue weighted by atomic mass is 10.7. The van der Waals surface area contributed by atoms with E-state index in [4.69, 9.17) is 0 Å². The molecule has 0 saturated carbocycles. The number of hydrogen-bond acceptors (Lipinski definition) is 3. The molecule has 1 radical (unpaired) electrons. The summed E-state index contributed by atoms with van der Waals surface area (Å²) in [6.07, 6.45) is 1.01.